The molecule has 2 aliphatic rings. The fraction of sp³-hybridized carbons (Fsp3) is 0.641. The van der Waals surface area contributed by atoms with Crippen LogP contribution in [0.3, 0.4) is 0 Å². The van der Waals surface area contributed by atoms with Crippen LogP contribution in [-0.4, -0.2) is 105 Å². The average molecular weight is 784 g/mol. The van der Waals surface area contributed by atoms with Crippen molar-refractivity contribution in [1.82, 2.24) is 30.2 Å². The lowest BCUT2D eigenvalue weighted by molar-refractivity contribution is -0.249. The van der Waals surface area contributed by atoms with E-state index in [1.165, 1.54) is 17.8 Å². The van der Waals surface area contributed by atoms with Gasteiger partial charge in [0.25, 0.3) is 5.56 Å². The number of unbranched alkanes of at least 4 members (excludes halogenated alkanes) is 4. The number of nitrogens with one attached hydrogen (secondary N) is 3. The fourth-order valence-corrected chi connectivity index (χ4v) is 7.33. The average Bonchev–Trinajstić information content (AvgIpc) is 3.74. The number of imidazole rings is 1. The van der Waals surface area contributed by atoms with Crippen molar-refractivity contribution in [2.24, 2.45) is 5.92 Å². The first-order chi connectivity index (χ1) is 27.0. The van der Waals surface area contributed by atoms with Gasteiger partial charge >= 0.3 is 5.97 Å². The second-order valence-electron chi connectivity index (χ2n) is 14.4. The Balaban J connectivity index is 0.960. The number of aromatic amines is 1. The summed E-state index contributed by atoms with van der Waals surface area (Å²) < 4.78 is 32.0. The number of rotatable bonds is 20. The highest BCUT2D eigenvalue weighted by Crippen LogP contribution is 2.35. The Labute approximate surface area is 326 Å². The van der Waals surface area contributed by atoms with Crippen LogP contribution in [0.25, 0.3) is 11.2 Å². The number of nitrogens with zero attached hydrogens (tertiary/aromatic N) is 3. The normalized spacial score (nSPS) is 26.3. The number of H-pyrrole nitrogens is 1. The molecule has 0 saturated carbocycles. The molecule has 0 radical (unpaired) electrons. The zero-order valence-corrected chi connectivity index (χ0v) is 32.7. The van der Waals surface area contributed by atoms with E-state index in [2.05, 4.69) is 25.6 Å². The molecule has 9 atom stereocenters. The van der Waals surface area contributed by atoms with Crippen LogP contribution in [0.4, 0.5) is 5.95 Å². The number of amides is 2. The summed E-state index contributed by atoms with van der Waals surface area (Å²) in [6.45, 7) is 8.60. The number of hydrogen-bond donors (Lipinski definition) is 5. The van der Waals surface area contributed by atoms with Crippen LogP contribution in [0.1, 0.15) is 102 Å². The maximum absolute atomic E-state index is 13.0. The van der Waals surface area contributed by atoms with E-state index in [9.17, 15) is 24.3 Å². The van der Waals surface area contributed by atoms with E-state index in [0.717, 1.165) is 25.7 Å². The number of nitrogen functional groups attached to an aromatic ring is 1. The lowest BCUT2D eigenvalue weighted by atomic mass is 9.87. The van der Waals surface area contributed by atoms with E-state index in [0.29, 0.717) is 57.4 Å². The van der Waals surface area contributed by atoms with Crippen molar-refractivity contribution in [3.8, 4) is 0 Å². The minimum absolute atomic E-state index is 0.0327. The molecule has 1 aromatic carbocycles. The van der Waals surface area contributed by atoms with Crippen molar-refractivity contribution in [2.45, 2.75) is 135 Å². The Morgan fingerprint density at radius 2 is 1.68 bits per heavy atom. The summed E-state index contributed by atoms with van der Waals surface area (Å²) in [5.41, 5.74) is 6.02. The smallest absolute Gasteiger partial charge is 0.338 e. The van der Waals surface area contributed by atoms with Gasteiger partial charge in [-0.05, 0) is 50.7 Å². The van der Waals surface area contributed by atoms with E-state index >= 15 is 0 Å². The number of aliphatic hydroxyl groups excluding tert-OH is 1. The molecule has 3 aromatic rings. The van der Waals surface area contributed by atoms with Crippen LogP contribution in [0.2, 0.25) is 0 Å². The monoisotopic (exact) mass is 783 g/mol. The molecule has 6 N–H and O–H groups in total. The van der Waals surface area contributed by atoms with E-state index in [-0.39, 0.29) is 47.1 Å². The number of aliphatic hydroxyl groups is 1. The summed E-state index contributed by atoms with van der Waals surface area (Å²) in [7, 11) is 0. The second kappa shape index (κ2) is 20.7. The number of carbonyl (C=O) groups excluding carboxylic acids is 3. The molecule has 2 aromatic heterocycles. The number of hydrogen-bond acceptors (Lipinski definition) is 13. The van der Waals surface area contributed by atoms with Gasteiger partial charge in [0, 0.05) is 39.0 Å². The fourth-order valence-electron chi connectivity index (χ4n) is 7.33. The predicted octanol–water partition coefficient (Wildman–Crippen LogP) is 3.12. The molecular formula is C39H57N7O10. The summed E-state index contributed by atoms with van der Waals surface area (Å²) in [5, 5.41) is 17.0. The standard InChI is InChI=1S/C39H57N7O10/c1-5-26-23(3)32(56-37(51)25-16-10-9-11-17-25)29(43-24(4)47)38(55-26)53-21-15-12-18-28(48)41-19-13-7-8-14-20-52-33-27(6-2)54-36(31(33)49)46-22-42-30-34(46)44-39(40)45-35(30)50/h9-11,16-17,22-23,26-27,29,31-33,36,38,49H,5-8,12-15,18-21H2,1-4H3,(H,41,48)(H,43,47)(H3,40,44,45,50)/t23-,26+,27+,29+,31-,32-,33?,36+,38+/m0/s1. The van der Waals surface area contributed by atoms with Gasteiger partial charge < -0.3 is 45.2 Å². The molecule has 0 spiro atoms. The Morgan fingerprint density at radius 3 is 2.41 bits per heavy atom. The van der Waals surface area contributed by atoms with Crippen LogP contribution >= 0.6 is 0 Å². The number of ether oxygens (including phenoxy) is 5. The molecule has 1 unspecified atom stereocenters. The van der Waals surface area contributed by atoms with Crippen LogP contribution in [-0.2, 0) is 33.3 Å². The minimum Gasteiger partial charge on any atom is -0.456 e. The summed E-state index contributed by atoms with van der Waals surface area (Å²) >= 11 is 0. The van der Waals surface area contributed by atoms with Gasteiger partial charge in [-0.1, -0.05) is 51.8 Å². The Hall–Kier alpha value is -4.42. The van der Waals surface area contributed by atoms with E-state index < -0.39 is 48.4 Å². The van der Waals surface area contributed by atoms with Crippen LogP contribution in [0.15, 0.2) is 41.5 Å². The van der Waals surface area contributed by atoms with Gasteiger partial charge in [0.05, 0.1) is 24.1 Å². The topological polar surface area (TPSA) is 231 Å². The first-order valence-corrected chi connectivity index (χ1v) is 19.8. The zero-order valence-electron chi connectivity index (χ0n) is 32.7. The maximum atomic E-state index is 13.0. The minimum atomic E-state index is -0.996. The summed E-state index contributed by atoms with van der Waals surface area (Å²) in [5.74, 6) is -1.03. The SMILES string of the molecule is CC[C@H]1O[C@@H](n2cnc3c(=O)[nH]c(N)nc32)[C@@H](O)C1OCCCCCCNC(=O)CCCCO[C@@H]1O[C@H](CC)[C@H](C)[C@H](OC(=O)c2ccccc2)[C@H]1NC(C)=O. The number of fused-ring (bicyclic) bond motifs is 1. The predicted molar refractivity (Wildman–Crippen MR) is 205 cm³/mol. The van der Waals surface area contributed by atoms with Crippen molar-refractivity contribution in [3.05, 3.63) is 52.6 Å². The van der Waals surface area contributed by atoms with E-state index in [1.807, 2.05) is 26.8 Å². The molecule has 308 valence electrons. The lowest BCUT2D eigenvalue weighted by Crippen LogP contribution is -2.62. The molecule has 2 saturated heterocycles. The molecule has 2 amide bonds. The molecule has 2 aliphatic heterocycles. The molecule has 2 fully saturated rings. The first kappa shape index (κ1) is 42.7. The van der Waals surface area contributed by atoms with Crippen LogP contribution in [0, 0.1) is 5.92 Å². The number of anilines is 1. The van der Waals surface area contributed by atoms with Gasteiger partial charge in [0.15, 0.2) is 23.7 Å². The van der Waals surface area contributed by atoms with Gasteiger partial charge in [0.2, 0.25) is 17.8 Å². The van der Waals surface area contributed by atoms with Crippen molar-refractivity contribution < 1.29 is 43.2 Å². The van der Waals surface area contributed by atoms with Crippen molar-refractivity contribution in [2.75, 3.05) is 25.5 Å². The van der Waals surface area contributed by atoms with Gasteiger partial charge in [-0.25, -0.2) is 9.78 Å². The van der Waals surface area contributed by atoms with Crippen molar-refractivity contribution >= 4 is 34.9 Å². The van der Waals surface area contributed by atoms with Crippen molar-refractivity contribution in [1.29, 1.82) is 0 Å². The highest BCUT2D eigenvalue weighted by atomic mass is 16.7. The number of aromatic nitrogens is 4. The lowest BCUT2D eigenvalue weighted by Gasteiger charge is -2.45. The molecule has 17 nitrogen and oxygen atoms in total. The number of esters is 1. The van der Waals surface area contributed by atoms with Crippen LogP contribution < -0.4 is 21.9 Å². The van der Waals surface area contributed by atoms with Crippen LogP contribution in [0.5, 0.6) is 0 Å². The second-order valence-corrected chi connectivity index (χ2v) is 14.4. The molecule has 0 bridgehead atoms. The third kappa shape index (κ3) is 10.9. The molecule has 0 aliphatic carbocycles. The molecule has 17 heteroatoms. The Morgan fingerprint density at radius 1 is 0.964 bits per heavy atom. The van der Waals surface area contributed by atoms with Gasteiger partial charge in [0.1, 0.15) is 24.4 Å². The van der Waals surface area contributed by atoms with Crippen molar-refractivity contribution in [3.63, 3.8) is 0 Å². The molecule has 56 heavy (non-hydrogen) atoms. The summed E-state index contributed by atoms with van der Waals surface area (Å²) in [6, 6.07) is 8.03. The van der Waals surface area contributed by atoms with E-state index in [1.54, 1.807) is 24.3 Å². The highest BCUT2D eigenvalue weighted by molar-refractivity contribution is 5.89. The number of carbonyl (C=O) groups is 3. The first-order valence-electron chi connectivity index (χ1n) is 19.8. The summed E-state index contributed by atoms with van der Waals surface area (Å²) in [6.07, 6.45) is 3.22. The number of benzene rings is 1. The number of nitrogens with two attached hydrogens (primary N) is 1. The van der Waals surface area contributed by atoms with Gasteiger partial charge in [-0.15, -0.1) is 0 Å². The molecule has 4 heterocycles. The van der Waals surface area contributed by atoms with E-state index in [4.69, 9.17) is 29.4 Å². The third-order valence-corrected chi connectivity index (χ3v) is 10.3. The summed E-state index contributed by atoms with van der Waals surface area (Å²) in [4.78, 5) is 60.5. The highest BCUT2D eigenvalue weighted by Gasteiger charge is 2.47. The molecule has 5 rings (SSSR count). The maximum Gasteiger partial charge on any atom is 0.338 e. The van der Waals surface area contributed by atoms with Gasteiger partial charge in [-0.2, -0.15) is 4.98 Å². The molecular weight excluding hydrogens is 726 g/mol. The Kier molecular flexibility index (Phi) is 15.8. The quantitative estimate of drug-likeness (QED) is 0.0820. The van der Waals surface area contributed by atoms with Gasteiger partial charge in [-0.3, -0.25) is 23.9 Å². The largest absolute Gasteiger partial charge is 0.456 e. The Bertz CT molecular complexity index is 1790. The third-order valence-electron chi connectivity index (χ3n) is 10.3. The zero-order chi connectivity index (χ0) is 40.2.